The van der Waals surface area contributed by atoms with Gasteiger partial charge in [-0.3, -0.25) is 9.78 Å². The smallest absolute Gasteiger partial charge is 0.254 e. The molecule has 0 bridgehead atoms. The molecule has 88 valence electrons. The van der Waals surface area contributed by atoms with Gasteiger partial charge in [-0.2, -0.15) is 0 Å². The number of hydrogen-bond acceptors (Lipinski definition) is 2. The summed E-state index contributed by atoms with van der Waals surface area (Å²) in [7, 11) is 0. The first-order chi connectivity index (χ1) is 7.56. The molecule has 0 aliphatic carbocycles. The number of halogens is 2. The first kappa shape index (κ1) is 12.9. The molecular weight excluding hydrogens is 231 g/mol. The molecule has 0 radical (unpaired) electrons. The molecule has 1 atom stereocenters. The lowest BCUT2D eigenvalue weighted by Gasteiger charge is -2.19. The van der Waals surface area contributed by atoms with Crippen LogP contribution in [0.1, 0.15) is 24.2 Å². The normalized spacial score (nSPS) is 12.6. The van der Waals surface area contributed by atoms with Crippen LogP contribution in [0.5, 0.6) is 0 Å². The highest BCUT2D eigenvalue weighted by atomic mass is 35.5. The Morgan fingerprint density at radius 3 is 2.81 bits per heavy atom. The van der Waals surface area contributed by atoms with Crippen molar-refractivity contribution in [1.82, 2.24) is 10.3 Å². The van der Waals surface area contributed by atoms with E-state index in [0.717, 1.165) is 6.20 Å². The number of nitrogens with zero attached hydrogens (tertiary/aromatic N) is 1. The molecule has 1 unspecified atom stereocenters. The third kappa shape index (κ3) is 3.17. The third-order valence-electron chi connectivity index (χ3n) is 2.30. The van der Waals surface area contributed by atoms with Gasteiger partial charge >= 0.3 is 0 Å². The largest absolute Gasteiger partial charge is 0.348 e. The average Bonchev–Trinajstić information content (AvgIpc) is 2.25. The highest BCUT2D eigenvalue weighted by Crippen LogP contribution is 2.08. The average molecular weight is 245 g/mol. The number of nitrogens with one attached hydrogen (secondary N) is 1. The minimum Gasteiger partial charge on any atom is -0.348 e. The Morgan fingerprint density at radius 1 is 1.62 bits per heavy atom. The van der Waals surface area contributed by atoms with Crippen molar-refractivity contribution in [1.29, 1.82) is 0 Å². The summed E-state index contributed by atoms with van der Waals surface area (Å²) >= 11 is 5.71. The van der Waals surface area contributed by atoms with Crippen LogP contribution in [0.2, 0.25) is 0 Å². The highest BCUT2D eigenvalue weighted by Gasteiger charge is 2.18. The molecule has 0 aliphatic rings. The Kier molecular flexibility index (Phi) is 4.68. The van der Waals surface area contributed by atoms with Crippen molar-refractivity contribution in [2.45, 2.75) is 19.9 Å². The van der Waals surface area contributed by atoms with Crippen molar-refractivity contribution in [2.24, 2.45) is 5.92 Å². The molecule has 0 fully saturated rings. The van der Waals surface area contributed by atoms with Gasteiger partial charge in [-0.25, -0.2) is 4.39 Å². The molecule has 0 saturated carbocycles. The van der Waals surface area contributed by atoms with Gasteiger partial charge in [-0.05, 0) is 12.0 Å². The van der Waals surface area contributed by atoms with E-state index in [1.165, 1.54) is 12.3 Å². The summed E-state index contributed by atoms with van der Waals surface area (Å²) in [6.07, 6.45) is 2.39. The zero-order valence-corrected chi connectivity index (χ0v) is 9.96. The molecule has 0 saturated heterocycles. The predicted molar refractivity (Wildman–Crippen MR) is 61.0 cm³/mol. The van der Waals surface area contributed by atoms with Crippen molar-refractivity contribution < 1.29 is 9.18 Å². The number of aromatic nitrogens is 1. The van der Waals surface area contributed by atoms with Gasteiger partial charge in [0.2, 0.25) is 0 Å². The van der Waals surface area contributed by atoms with Crippen LogP contribution in [0.4, 0.5) is 4.39 Å². The molecule has 16 heavy (non-hydrogen) atoms. The molecule has 1 aromatic rings. The van der Waals surface area contributed by atoms with Crippen molar-refractivity contribution >= 4 is 17.5 Å². The van der Waals surface area contributed by atoms with E-state index in [9.17, 15) is 9.18 Å². The minimum absolute atomic E-state index is 0.00855. The lowest BCUT2D eigenvalue weighted by molar-refractivity contribution is 0.0927. The Labute approximate surface area is 99.0 Å². The fourth-order valence-corrected chi connectivity index (χ4v) is 1.62. The van der Waals surface area contributed by atoms with Crippen LogP contribution < -0.4 is 5.32 Å². The van der Waals surface area contributed by atoms with Gasteiger partial charge in [0.1, 0.15) is 0 Å². The summed E-state index contributed by atoms with van der Waals surface area (Å²) < 4.78 is 13.2. The molecular formula is C11H14ClFN2O. The summed E-state index contributed by atoms with van der Waals surface area (Å²) in [4.78, 5) is 15.3. The number of carbonyl (C=O) groups is 1. The van der Waals surface area contributed by atoms with Gasteiger partial charge < -0.3 is 5.32 Å². The van der Waals surface area contributed by atoms with Gasteiger partial charge in [-0.1, -0.05) is 13.8 Å². The second-order valence-corrected chi connectivity index (χ2v) is 4.14. The van der Waals surface area contributed by atoms with Crippen molar-refractivity contribution in [3.05, 3.63) is 29.8 Å². The fraction of sp³-hybridized carbons (Fsp3) is 0.455. The van der Waals surface area contributed by atoms with E-state index in [-0.39, 0.29) is 17.5 Å². The molecule has 1 aromatic heterocycles. The third-order valence-corrected chi connectivity index (χ3v) is 2.64. The molecule has 1 heterocycles. The van der Waals surface area contributed by atoms with Crippen molar-refractivity contribution in [3.8, 4) is 0 Å². The molecule has 5 heteroatoms. The van der Waals surface area contributed by atoms with Gasteiger partial charge in [0.05, 0.1) is 11.8 Å². The maximum absolute atomic E-state index is 13.2. The molecule has 0 spiro atoms. The number of amides is 1. The lowest BCUT2D eigenvalue weighted by atomic mass is 10.1. The number of rotatable bonds is 4. The number of hydrogen-bond donors (Lipinski definition) is 1. The van der Waals surface area contributed by atoms with Crippen LogP contribution in [0, 0.1) is 11.7 Å². The van der Waals surface area contributed by atoms with Gasteiger partial charge in [0.15, 0.2) is 5.82 Å². The van der Waals surface area contributed by atoms with E-state index < -0.39 is 11.7 Å². The Hall–Kier alpha value is -1.16. The van der Waals surface area contributed by atoms with E-state index in [0.29, 0.717) is 5.88 Å². The molecule has 3 nitrogen and oxygen atoms in total. The van der Waals surface area contributed by atoms with E-state index in [1.54, 1.807) is 0 Å². The zero-order valence-electron chi connectivity index (χ0n) is 9.21. The van der Waals surface area contributed by atoms with Crippen LogP contribution in [-0.2, 0) is 0 Å². The Morgan fingerprint density at radius 2 is 2.31 bits per heavy atom. The van der Waals surface area contributed by atoms with Gasteiger partial charge in [0.25, 0.3) is 5.91 Å². The van der Waals surface area contributed by atoms with E-state index in [1.807, 2.05) is 13.8 Å². The van der Waals surface area contributed by atoms with E-state index in [2.05, 4.69) is 10.3 Å². The Balaban J connectivity index is 2.76. The zero-order chi connectivity index (χ0) is 12.1. The maximum atomic E-state index is 13.2. The van der Waals surface area contributed by atoms with Crippen LogP contribution in [-0.4, -0.2) is 22.8 Å². The predicted octanol–water partition coefficient (Wildman–Crippen LogP) is 2.21. The number of pyridine rings is 1. The second-order valence-electron chi connectivity index (χ2n) is 3.83. The van der Waals surface area contributed by atoms with Crippen LogP contribution >= 0.6 is 11.6 Å². The lowest BCUT2D eigenvalue weighted by Crippen LogP contribution is -2.40. The summed E-state index contributed by atoms with van der Waals surface area (Å²) in [6, 6.07) is 1.18. The second kappa shape index (κ2) is 5.80. The summed E-state index contributed by atoms with van der Waals surface area (Å²) in [5.74, 6) is -0.585. The van der Waals surface area contributed by atoms with Crippen LogP contribution in [0.25, 0.3) is 0 Å². The minimum atomic E-state index is -0.628. The van der Waals surface area contributed by atoms with Crippen molar-refractivity contribution in [2.75, 3.05) is 5.88 Å². The molecule has 1 N–H and O–H groups in total. The van der Waals surface area contributed by atoms with E-state index >= 15 is 0 Å². The monoisotopic (exact) mass is 244 g/mol. The summed E-state index contributed by atoms with van der Waals surface area (Å²) in [6.45, 7) is 3.88. The number of alkyl halides is 1. The fourth-order valence-electron chi connectivity index (χ4n) is 1.19. The molecule has 0 aliphatic heterocycles. The first-order valence-corrected chi connectivity index (χ1v) is 5.56. The van der Waals surface area contributed by atoms with Gasteiger partial charge in [-0.15, -0.1) is 11.6 Å². The van der Waals surface area contributed by atoms with Crippen LogP contribution in [0.15, 0.2) is 18.5 Å². The SMILES string of the molecule is CC(C)C(CCl)NC(=O)c1ccncc1F. The maximum Gasteiger partial charge on any atom is 0.254 e. The van der Waals surface area contributed by atoms with Crippen molar-refractivity contribution in [3.63, 3.8) is 0 Å². The summed E-state index contributed by atoms with van der Waals surface area (Å²) in [5.41, 5.74) is -0.00855. The Bertz CT molecular complexity index is 371. The molecule has 0 aromatic carbocycles. The molecule has 1 amide bonds. The highest BCUT2D eigenvalue weighted by molar-refractivity contribution is 6.18. The number of carbonyl (C=O) groups excluding carboxylic acids is 1. The van der Waals surface area contributed by atoms with Gasteiger partial charge in [0, 0.05) is 18.1 Å². The standard InChI is InChI=1S/C11H14ClFN2O/c1-7(2)10(5-12)15-11(16)8-3-4-14-6-9(8)13/h3-4,6-7,10H,5H2,1-2H3,(H,15,16). The topological polar surface area (TPSA) is 42.0 Å². The summed E-state index contributed by atoms with van der Waals surface area (Å²) in [5, 5.41) is 2.68. The quantitative estimate of drug-likeness (QED) is 0.826. The first-order valence-electron chi connectivity index (χ1n) is 5.02. The van der Waals surface area contributed by atoms with E-state index in [4.69, 9.17) is 11.6 Å². The molecule has 1 rings (SSSR count). The van der Waals surface area contributed by atoms with Crippen LogP contribution in [0.3, 0.4) is 0 Å².